The molecule has 5 nitrogen and oxygen atoms in total. The van der Waals surface area contributed by atoms with E-state index in [9.17, 15) is 19.8 Å². The minimum Gasteiger partial charge on any atom is -0.479 e. The molecule has 92 valence electrons. The molecule has 1 aliphatic heterocycles. The van der Waals surface area contributed by atoms with Crippen molar-refractivity contribution in [2.75, 3.05) is 13.2 Å². The number of carboxylic acid groups (broad SMARTS) is 1. The number of carbonyl (C=O) groups excluding carboxylic acids is 1. The van der Waals surface area contributed by atoms with Crippen molar-refractivity contribution in [3.63, 3.8) is 0 Å². The van der Waals surface area contributed by atoms with E-state index >= 15 is 0 Å². The van der Waals surface area contributed by atoms with Gasteiger partial charge in [-0.15, -0.1) is 0 Å². The molecule has 1 atom stereocenters. The second-order valence-corrected chi connectivity index (χ2v) is 5.31. The molecule has 1 fully saturated rings. The zero-order valence-corrected chi connectivity index (χ0v) is 9.99. The molecule has 2 N–H and O–H groups in total. The summed E-state index contributed by atoms with van der Waals surface area (Å²) in [4.78, 5) is 24.7. The van der Waals surface area contributed by atoms with Crippen LogP contribution in [0.25, 0.3) is 0 Å². The van der Waals surface area contributed by atoms with Gasteiger partial charge in [-0.25, -0.2) is 4.79 Å². The van der Waals surface area contributed by atoms with Gasteiger partial charge in [0.2, 0.25) is 5.91 Å². The molecule has 1 heterocycles. The van der Waals surface area contributed by atoms with Gasteiger partial charge in [-0.1, -0.05) is 20.8 Å². The molecule has 0 radical (unpaired) electrons. The number of hydrogen-bond acceptors (Lipinski definition) is 3. The Labute approximate surface area is 95.1 Å². The second-order valence-electron chi connectivity index (χ2n) is 5.31. The van der Waals surface area contributed by atoms with E-state index in [1.807, 2.05) is 0 Å². The molecule has 1 rings (SSSR count). The van der Waals surface area contributed by atoms with Gasteiger partial charge in [0, 0.05) is 12.0 Å². The number of amides is 1. The predicted octanol–water partition coefficient (Wildman–Crippen LogP) is 0.471. The number of rotatable bonds is 2. The molecule has 1 amide bonds. The van der Waals surface area contributed by atoms with Crippen molar-refractivity contribution in [1.82, 2.24) is 4.90 Å². The maximum atomic E-state index is 12.1. The fraction of sp³-hybridized carbons (Fsp3) is 0.818. The van der Waals surface area contributed by atoms with E-state index in [2.05, 4.69) is 0 Å². The first-order valence-electron chi connectivity index (χ1n) is 5.42. The lowest BCUT2D eigenvalue weighted by Gasteiger charge is -2.36. The molecule has 5 heteroatoms. The summed E-state index contributed by atoms with van der Waals surface area (Å²) in [6.45, 7) is 5.13. The molecule has 0 aromatic heterocycles. The Hall–Kier alpha value is -1.10. The number of aliphatic hydroxyl groups is 1. The molecule has 0 aromatic rings. The van der Waals surface area contributed by atoms with E-state index < -0.39 is 23.5 Å². The molecule has 0 bridgehead atoms. The lowest BCUT2D eigenvalue weighted by atomic mass is 9.90. The topological polar surface area (TPSA) is 77.8 Å². The van der Waals surface area contributed by atoms with Gasteiger partial charge in [0.25, 0.3) is 0 Å². The summed E-state index contributed by atoms with van der Waals surface area (Å²) in [6, 6.07) is 0. The van der Waals surface area contributed by atoms with Crippen LogP contribution in [0.1, 0.15) is 33.6 Å². The average molecular weight is 229 g/mol. The van der Waals surface area contributed by atoms with Crippen molar-refractivity contribution >= 4 is 11.9 Å². The number of hydrogen-bond donors (Lipinski definition) is 2. The van der Waals surface area contributed by atoms with Crippen molar-refractivity contribution in [2.45, 2.75) is 39.2 Å². The third-order valence-corrected chi connectivity index (χ3v) is 3.04. The van der Waals surface area contributed by atoms with Gasteiger partial charge in [-0.3, -0.25) is 4.79 Å². The molecular formula is C11H19NO4. The normalized spacial score (nSPS) is 25.9. The molecular weight excluding hydrogens is 210 g/mol. The van der Waals surface area contributed by atoms with Gasteiger partial charge < -0.3 is 15.1 Å². The first-order chi connectivity index (χ1) is 7.25. The van der Waals surface area contributed by atoms with Crippen LogP contribution in [-0.4, -0.2) is 45.7 Å². The van der Waals surface area contributed by atoms with Gasteiger partial charge in [-0.05, 0) is 12.8 Å². The van der Waals surface area contributed by atoms with Gasteiger partial charge >= 0.3 is 5.97 Å². The van der Waals surface area contributed by atoms with Crippen LogP contribution in [0.3, 0.4) is 0 Å². The zero-order chi connectivity index (χ0) is 12.6. The van der Waals surface area contributed by atoms with E-state index in [4.69, 9.17) is 0 Å². The number of carboxylic acids is 1. The predicted molar refractivity (Wildman–Crippen MR) is 57.9 cm³/mol. The highest BCUT2D eigenvalue weighted by Crippen LogP contribution is 2.33. The van der Waals surface area contributed by atoms with Crippen LogP contribution >= 0.6 is 0 Å². The van der Waals surface area contributed by atoms with Gasteiger partial charge in [0.05, 0.1) is 6.61 Å². The van der Waals surface area contributed by atoms with Crippen LogP contribution in [0, 0.1) is 5.41 Å². The van der Waals surface area contributed by atoms with E-state index in [0.717, 1.165) is 0 Å². The summed E-state index contributed by atoms with van der Waals surface area (Å²) in [5, 5.41) is 18.5. The molecule has 0 unspecified atom stereocenters. The molecule has 0 aromatic carbocycles. The van der Waals surface area contributed by atoms with Crippen LogP contribution in [0.2, 0.25) is 0 Å². The first-order valence-corrected chi connectivity index (χ1v) is 5.42. The Morgan fingerprint density at radius 2 is 1.94 bits per heavy atom. The third kappa shape index (κ3) is 1.91. The highest BCUT2D eigenvalue weighted by atomic mass is 16.4. The summed E-state index contributed by atoms with van der Waals surface area (Å²) in [6.07, 6.45) is 0.940. The van der Waals surface area contributed by atoms with Crippen LogP contribution in [0.15, 0.2) is 0 Å². The summed E-state index contributed by atoms with van der Waals surface area (Å²) < 4.78 is 0. The van der Waals surface area contributed by atoms with Crippen molar-refractivity contribution in [3.8, 4) is 0 Å². The second kappa shape index (κ2) is 4.05. The molecule has 1 aliphatic rings. The Morgan fingerprint density at radius 3 is 2.31 bits per heavy atom. The fourth-order valence-corrected chi connectivity index (χ4v) is 2.03. The van der Waals surface area contributed by atoms with Crippen LogP contribution in [0.4, 0.5) is 0 Å². The number of likely N-dealkylation sites (tertiary alicyclic amines) is 1. The summed E-state index contributed by atoms with van der Waals surface area (Å²) in [5.41, 5.74) is -2.04. The van der Waals surface area contributed by atoms with E-state index in [0.29, 0.717) is 19.4 Å². The first kappa shape index (κ1) is 13.0. The van der Waals surface area contributed by atoms with Crippen molar-refractivity contribution in [1.29, 1.82) is 0 Å². The number of aliphatic hydroxyl groups excluding tert-OH is 1. The SMILES string of the molecule is CC(C)(C)C(=O)N1CCC[C@@]1(CO)C(=O)O. The Bertz CT molecular complexity index is 308. The lowest BCUT2D eigenvalue weighted by Crippen LogP contribution is -2.58. The summed E-state index contributed by atoms with van der Waals surface area (Å²) in [7, 11) is 0. The van der Waals surface area contributed by atoms with Crippen molar-refractivity contribution in [3.05, 3.63) is 0 Å². The fourth-order valence-electron chi connectivity index (χ4n) is 2.03. The van der Waals surface area contributed by atoms with Crippen molar-refractivity contribution < 1.29 is 19.8 Å². The van der Waals surface area contributed by atoms with Gasteiger partial charge in [-0.2, -0.15) is 0 Å². The number of nitrogens with zero attached hydrogens (tertiary/aromatic N) is 1. The Morgan fingerprint density at radius 1 is 1.38 bits per heavy atom. The quantitative estimate of drug-likeness (QED) is 0.721. The molecule has 0 aliphatic carbocycles. The molecule has 0 saturated carbocycles. The van der Waals surface area contributed by atoms with Crippen molar-refractivity contribution in [2.24, 2.45) is 5.41 Å². The van der Waals surface area contributed by atoms with Gasteiger partial charge in [0.1, 0.15) is 0 Å². The molecule has 1 saturated heterocycles. The average Bonchev–Trinajstić information content (AvgIpc) is 2.59. The standard InChI is InChI=1S/C11H19NO4/c1-10(2,3)8(14)12-6-4-5-11(12,7-13)9(15)16/h13H,4-7H2,1-3H3,(H,15,16)/t11-/m1/s1. The number of carbonyl (C=O) groups is 2. The maximum Gasteiger partial charge on any atom is 0.332 e. The van der Waals surface area contributed by atoms with E-state index in [1.54, 1.807) is 20.8 Å². The zero-order valence-electron chi connectivity index (χ0n) is 9.99. The summed E-state index contributed by atoms with van der Waals surface area (Å²) in [5.74, 6) is -1.34. The van der Waals surface area contributed by atoms with E-state index in [-0.39, 0.29) is 5.91 Å². The lowest BCUT2D eigenvalue weighted by molar-refractivity contribution is -0.162. The van der Waals surface area contributed by atoms with Crippen LogP contribution < -0.4 is 0 Å². The highest BCUT2D eigenvalue weighted by Gasteiger charge is 2.51. The smallest absolute Gasteiger partial charge is 0.332 e. The molecule has 16 heavy (non-hydrogen) atoms. The van der Waals surface area contributed by atoms with Crippen LogP contribution in [-0.2, 0) is 9.59 Å². The Balaban J connectivity index is 3.04. The minimum atomic E-state index is -1.41. The summed E-state index contributed by atoms with van der Waals surface area (Å²) >= 11 is 0. The largest absolute Gasteiger partial charge is 0.479 e. The van der Waals surface area contributed by atoms with Gasteiger partial charge in [0.15, 0.2) is 5.54 Å². The Kier molecular flexibility index (Phi) is 3.28. The third-order valence-electron chi connectivity index (χ3n) is 3.04. The monoisotopic (exact) mass is 229 g/mol. The van der Waals surface area contributed by atoms with E-state index in [1.165, 1.54) is 4.90 Å². The minimum absolute atomic E-state index is 0.221. The highest BCUT2D eigenvalue weighted by molar-refractivity contribution is 5.90. The molecule has 0 spiro atoms. The maximum absolute atomic E-state index is 12.1. The number of aliphatic carboxylic acids is 1. The van der Waals surface area contributed by atoms with Crippen LogP contribution in [0.5, 0.6) is 0 Å².